The van der Waals surface area contributed by atoms with E-state index in [1.807, 2.05) is 30.3 Å². The van der Waals surface area contributed by atoms with Gasteiger partial charge in [0.05, 0.1) is 5.69 Å². The van der Waals surface area contributed by atoms with Crippen LogP contribution in [0.2, 0.25) is 0 Å². The number of aromatic carboxylic acids is 1. The van der Waals surface area contributed by atoms with Gasteiger partial charge in [-0.2, -0.15) is 0 Å². The Kier molecular flexibility index (Phi) is 2.64. The third kappa shape index (κ3) is 1.91. The first-order chi connectivity index (χ1) is 7.68. The molecule has 0 fully saturated rings. The van der Waals surface area contributed by atoms with Gasteiger partial charge in [-0.3, -0.25) is 0 Å². The lowest BCUT2D eigenvalue weighted by molar-refractivity contribution is 0.0688. The topological polar surface area (TPSA) is 63.1 Å². The van der Waals surface area contributed by atoms with Crippen LogP contribution in [0, 0.1) is 6.92 Å². The number of carboxylic acids is 1. The number of carboxylic acid groups (broad SMARTS) is 1. The fourth-order valence-electron chi connectivity index (χ4n) is 1.45. The van der Waals surface area contributed by atoms with Crippen LogP contribution in [-0.4, -0.2) is 21.3 Å². The minimum absolute atomic E-state index is 0.000295. The van der Waals surface area contributed by atoms with E-state index in [1.54, 1.807) is 13.0 Å². The minimum Gasteiger partial charge on any atom is -0.476 e. The van der Waals surface area contributed by atoms with Crippen molar-refractivity contribution >= 4 is 5.97 Å². The van der Waals surface area contributed by atoms with Gasteiger partial charge in [0.1, 0.15) is 0 Å². The molecule has 1 heterocycles. The molecule has 0 radical (unpaired) electrons. The number of rotatable bonds is 2. The molecule has 80 valence electrons. The molecule has 0 saturated heterocycles. The third-order valence-electron chi connectivity index (χ3n) is 2.26. The Balaban J connectivity index is 2.46. The summed E-state index contributed by atoms with van der Waals surface area (Å²) in [5, 5.41) is 16.4. The molecule has 0 aliphatic rings. The first kappa shape index (κ1) is 10.3. The van der Waals surface area contributed by atoms with E-state index in [0.717, 1.165) is 5.56 Å². The quantitative estimate of drug-likeness (QED) is 0.831. The molecule has 0 atom stereocenters. The maximum absolute atomic E-state index is 10.8. The summed E-state index contributed by atoms with van der Waals surface area (Å²) in [4.78, 5) is 10.8. The van der Waals surface area contributed by atoms with Crippen LogP contribution in [0.3, 0.4) is 0 Å². The number of nitrogens with zero attached hydrogens (tertiary/aromatic N) is 2. The van der Waals surface area contributed by atoms with Crippen molar-refractivity contribution < 1.29 is 9.90 Å². The molecule has 0 unspecified atom stereocenters. The van der Waals surface area contributed by atoms with Crippen LogP contribution < -0.4 is 0 Å². The van der Waals surface area contributed by atoms with Crippen molar-refractivity contribution in [1.29, 1.82) is 0 Å². The Morgan fingerprint density at radius 1 is 1.19 bits per heavy atom. The van der Waals surface area contributed by atoms with E-state index in [1.165, 1.54) is 0 Å². The van der Waals surface area contributed by atoms with Crippen molar-refractivity contribution in [2.24, 2.45) is 0 Å². The van der Waals surface area contributed by atoms with Crippen molar-refractivity contribution in [3.05, 3.63) is 47.7 Å². The lowest BCUT2D eigenvalue weighted by atomic mass is 10.1. The molecule has 16 heavy (non-hydrogen) atoms. The molecule has 2 aromatic rings. The first-order valence-corrected chi connectivity index (χ1v) is 4.81. The molecule has 4 nitrogen and oxygen atoms in total. The molecule has 1 aromatic heterocycles. The largest absolute Gasteiger partial charge is 0.476 e. The highest BCUT2D eigenvalue weighted by Gasteiger charge is 2.10. The van der Waals surface area contributed by atoms with Crippen LogP contribution in [-0.2, 0) is 0 Å². The van der Waals surface area contributed by atoms with Crippen LogP contribution >= 0.6 is 0 Å². The normalized spacial score (nSPS) is 10.1. The number of carbonyl (C=O) groups is 1. The molecular formula is C12H10N2O2. The Bertz CT molecular complexity index is 524. The number of hydrogen-bond donors (Lipinski definition) is 1. The fraction of sp³-hybridized carbons (Fsp3) is 0.0833. The van der Waals surface area contributed by atoms with Crippen LogP contribution in [0.15, 0.2) is 36.4 Å². The predicted octanol–water partition coefficient (Wildman–Crippen LogP) is 2.15. The maximum Gasteiger partial charge on any atom is 0.356 e. The van der Waals surface area contributed by atoms with Crippen LogP contribution in [0.4, 0.5) is 0 Å². The molecular weight excluding hydrogens is 204 g/mol. The lowest BCUT2D eigenvalue weighted by Crippen LogP contribution is -2.05. The smallest absolute Gasteiger partial charge is 0.356 e. The van der Waals surface area contributed by atoms with Gasteiger partial charge in [0.15, 0.2) is 5.69 Å². The summed E-state index contributed by atoms with van der Waals surface area (Å²) < 4.78 is 0. The predicted molar refractivity (Wildman–Crippen MR) is 59.2 cm³/mol. The summed E-state index contributed by atoms with van der Waals surface area (Å²) in [6, 6.07) is 11.3. The van der Waals surface area contributed by atoms with E-state index < -0.39 is 5.97 Å². The van der Waals surface area contributed by atoms with Crippen molar-refractivity contribution in [2.45, 2.75) is 6.92 Å². The van der Waals surface area contributed by atoms with E-state index in [2.05, 4.69) is 10.2 Å². The zero-order valence-electron chi connectivity index (χ0n) is 8.71. The monoisotopic (exact) mass is 214 g/mol. The van der Waals surface area contributed by atoms with Gasteiger partial charge in [-0.1, -0.05) is 30.3 Å². The zero-order valence-corrected chi connectivity index (χ0v) is 8.71. The summed E-state index contributed by atoms with van der Waals surface area (Å²) in [7, 11) is 0. The van der Waals surface area contributed by atoms with Crippen molar-refractivity contribution in [2.75, 3.05) is 0 Å². The van der Waals surface area contributed by atoms with Crippen LogP contribution in [0.25, 0.3) is 11.3 Å². The van der Waals surface area contributed by atoms with Gasteiger partial charge >= 0.3 is 5.97 Å². The van der Waals surface area contributed by atoms with Gasteiger partial charge in [0.2, 0.25) is 0 Å². The molecule has 2 rings (SSSR count). The molecule has 4 heteroatoms. The Morgan fingerprint density at radius 2 is 1.88 bits per heavy atom. The number of aryl methyl sites for hydroxylation is 1. The zero-order chi connectivity index (χ0) is 11.5. The third-order valence-corrected chi connectivity index (χ3v) is 2.26. The Morgan fingerprint density at radius 3 is 2.44 bits per heavy atom. The molecule has 0 aliphatic heterocycles. The van der Waals surface area contributed by atoms with E-state index >= 15 is 0 Å². The summed E-state index contributed by atoms with van der Waals surface area (Å²) in [6.45, 7) is 1.71. The van der Waals surface area contributed by atoms with E-state index in [0.29, 0.717) is 11.3 Å². The number of hydrogen-bond acceptors (Lipinski definition) is 3. The average Bonchev–Trinajstić information content (AvgIpc) is 2.29. The van der Waals surface area contributed by atoms with Crippen LogP contribution in [0.1, 0.15) is 16.1 Å². The molecule has 0 saturated carbocycles. The Hall–Kier alpha value is -2.23. The second kappa shape index (κ2) is 4.10. The first-order valence-electron chi connectivity index (χ1n) is 4.81. The highest BCUT2D eigenvalue weighted by Crippen LogP contribution is 2.17. The van der Waals surface area contributed by atoms with Crippen molar-refractivity contribution in [1.82, 2.24) is 10.2 Å². The molecule has 1 aromatic carbocycles. The lowest BCUT2D eigenvalue weighted by Gasteiger charge is -2.02. The number of benzene rings is 1. The SMILES string of the molecule is Cc1cc(-c2ccccc2)nnc1C(=O)O. The van der Waals surface area contributed by atoms with Gasteiger partial charge < -0.3 is 5.11 Å². The fourth-order valence-corrected chi connectivity index (χ4v) is 1.45. The van der Waals surface area contributed by atoms with E-state index in [4.69, 9.17) is 5.11 Å². The van der Waals surface area contributed by atoms with Gasteiger partial charge in [-0.15, -0.1) is 10.2 Å². The molecule has 1 N–H and O–H groups in total. The minimum atomic E-state index is -1.05. The van der Waals surface area contributed by atoms with E-state index in [-0.39, 0.29) is 5.69 Å². The summed E-state index contributed by atoms with van der Waals surface area (Å²) in [6.07, 6.45) is 0. The van der Waals surface area contributed by atoms with Gasteiger partial charge in [-0.25, -0.2) is 4.79 Å². The summed E-state index contributed by atoms with van der Waals surface area (Å²) in [5.74, 6) is -1.05. The maximum atomic E-state index is 10.8. The molecule has 0 aliphatic carbocycles. The van der Waals surface area contributed by atoms with Gasteiger partial charge in [-0.05, 0) is 18.6 Å². The van der Waals surface area contributed by atoms with Crippen molar-refractivity contribution in [3.8, 4) is 11.3 Å². The highest BCUT2D eigenvalue weighted by atomic mass is 16.4. The molecule has 0 bridgehead atoms. The number of aromatic nitrogens is 2. The highest BCUT2D eigenvalue weighted by molar-refractivity contribution is 5.87. The van der Waals surface area contributed by atoms with Gasteiger partial charge in [0, 0.05) is 5.56 Å². The molecule has 0 spiro atoms. The average molecular weight is 214 g/mol. The summed E-state index contributed by atoms with van der Waals surface area (Å²) >= 11 is 0. The van der Waals surface area contributed by atoms with Crippen LogP contribution in [0.5, 0.6) is 0 Å². The van der Waals surface area contributed by atoms with E-state index in [9.17, 15) is 4.79 Å². The molecule has 0 amide bonds. The Labute approximate surface area is 92.6 Å². The summed E-state index contributed by atoms with van der Waals surface area (Å²) in [5.41, 5.74) is 2.22. The van der Waals surface area contributed by atoms with Crippen molar-refractivity contribution in [3.63, 3.8) is 0 Å². The second-order valence-electron chi connectivity index (χ2n) is 3.43. The standard InChI is InChI=1S/C12H10N2O2/c1-8-7-10(9-5-3-2-4-6-9)13-14-11(8)12(15)16/h2-7H,1H3,(H,15,16). The second-order valence-corrected chi connectivity index (χ2v) is 3.43. The van der Waals surface area contributed by atoms with Gasteiger partial charge in [0.25, 0.3) is 0 Å².